The summed E-state index contributed by atoms with van der Waals surface area (Å²) >= 11 is 0. The van der Waals surface area contributed by atoms with Gasteiger partial charge >= 0.3 is 0 Å². The van der Waals surface area contributed by atoms with E-state index in [0.29, 0.717) is 12.2 Å². The van der Waals surface area contributed by atoms with E-state index in [2.05, 4.69) is 10.3 Å². The molecule has 0 spiro atoms. The number of para-hydroxylation sites is 1. The average molecular weight is 292 g/mol. The Balaban J connectivity index is 1.89. The molecule has 0 aliphatic heterocycles. The molecule has 0 aliphatic rings. The number of hydrogen-bond donors (Lipinski definition) is 1. The highest BCUT2D eigenvalue weighted by Gasteiger charge is 2.10. The molecular weight excluding hydrogens is 276 g/mol. The molecule has 4 nitrogen and oxygen atoms in total. The Bertz CT molecular complexity index is 810. The SMILES string of the molecule is COCc1cccc(NC(=O)c2ccnc3ccccc23)c1. The van der Waals surface area contributed by atoms with Crippen molar-refractivity contribution in [2.45, 2.75) is 6.61 Å². The number of hydrogen-bond acceptors (Lipinski definition) is 3. The van der Waals surface area contributed by atoms with Gasteiger partial charge in [0.15, 0.2) is 0 Å². The molecule has 3 rings (SSSR count). The molecule has 0 saturated heterocycles. The molecule has 3 aromatic rings. The molecule has 22 heavy (non-hydrogen) atoms. The molecule has 0 radical (unpaired) electrons. The van der Waals surface area contributed by atoms with E-state index in [1.165, 1.54) is 0 Å². The number of fused-ring (bicyclic) bond motifs is 1. The van der Waals surface area contributed by atoms with Crippen LogP contribution >= 0.6 is 0 Å². The first kappa shape index (κ1) is 14.2. The van der Waals surface area contributed by atoms with Gasteiger partial charge in [0.05, 0.1) is 17.7 Å². The van der Waals surface area contributed by atoms with E-state index in [0.717, 1.165) is 22.2 Å². The van der Waals surface area contributed by atoms with Crippen LogP contribution in [-0.2, 0) is 11.3 Å². The maximum atomic E-state index is 12.5. The van der Waals surface area contributed by atoms with E-state index in [1.54, 1.807) is 19.4 Å². The molecule has 0 atom stereocenters. The number of carbonyl (C=O) groups excluding carboxylic acids is 1. The molecule has 0 unspecified atom stereocenters. The summed E-state index contributed by atoms with van der Waals surface area (Å²) in [6.45, 7) is 0.516. The Morgan fingerprint density at radius 1 is 1.14 bits per heavy atom. The summed E-state index contributed by atoms with van der Waals surface area (Å²) in [5.41, 5.74) is 3.19. The minimum atomic E-state index is -0.145. The molecular formula is C18H16N2O2. The highest BCUT2D eigenvalue weighted by atomic mass is 16.5. The minimum absolute atomic E-state index is 0.145. The molecule has 1 aromatic heterocycles. The van der Waals surface area contributed by atoms with Crippen LogP contribution in [0, 0.1) is 0 Å². The topological polar surface area (TPSA) is 51.2 Å². The van der Waals surface area contributed by atoms with E-state index in [4.69, 9.17) is 4.74 Å². The smallest absolute Gasteiger partial charge is 0.256 e. The first-order chi connectivity index (χ1) is 10.8. The van der Waals surface area contributed by atoms with E-state index >= 15 is 0 Å². The largest absolute Gasteiger partial charge is 0.380 e. The number of methoxy groups -OCH3 is 1. The summed E-state index contributed by atoms with van der Waals surface area (Å²) < 4.78 is 5.11. The van der Waals surface area contributed by atoms with Crippen molar-refractivity contribution in [3.05, 3.63) is 71.9 Å². The Morgan fingerprint density at radius 2 is 2.00 bits per heavy atom. The lowest BCUT2D eigenvalue weighted by Crippen LogP contribution is -2.12. The zero-order chi connectivity index (χ0) is 15.4. The summed E-state index contributed by atoms with van der Waals surface area (Å²) in [4.78, 5) is 16.8. The molecule has 4 heteroatoms. The number of benzene rings is 2. The number of ether oxygens (including phenoxy) is 1. The summed E-state index contributed by atoms with van der Waals surface area (Å²) in [6.07, 6.45) is 1.65. The number of anilines is 1. The first-order valence-corrected chi connectivity index (χ1v) is 7.01. The molecule has 1 N–H and O–H groups in total. The monoisotopic (exact) mass is 292 g/mol. The van der Waals surface area contributed by atoms with Gasteiger partial charge in [-0.1, -0.05) is 30.3 Å². The van der Waals surface area contributed by atoms with Crippen LogP contribution in [0.3, 0.4) is 0 Å². The summed E-state index contributed by atoms with van der Waals surface area (Å²) in [7, 11) is 1.65. The van der Waals surface area contributed by atoms with Crippen LogP contribution < -0.4 is 5.32 Å². The van der Waals surface area contributed by atoms with Crippen LogP contribution in [0.2, 0.25) is 0 Å². The fraction of sp³-hybridized carbons (Fsp3) is 0.111. The van der Waals surface area contributed by atoms with Gasteiger partial charge < -0.3 is 10.1 Å². The normalized spacial score (nSPS) is 10.6. The van der Waals surface area contributed by atoms with Crippen molar-refractivity contribution in [3.63, 3.8) is 0 Å². The Hall–Kier alpha value is -2.72. The maximum Gasteiger partial charge on any atom is 0.256 e. The molecule has 0 fully saturated rings. The van der Waals surface area contributed by atoms with Gasteiger partial charge in [0.2, 0.25) is 0 Å². The maximum absolute atomic E-state index is 12.5. The molecule has 110 valence electrons. The minimum Gasteiger partial charge on any atom is -0.380 e. The summed E-state index contributed by atoms with van der Waals surface area (Å²) in [5.74, 6) is -0.145. The van der Waals surface area contributed by atoms with Gasteiger partial charge in [0.25, 0.3) is 5.91 Å². The van der Waals surface area contributed by atoms with Crippen molar-refractivity contribution in [3.8, 4) is 0 Å². The third-order valence-corrected chi connectivity index (χ3v) is 3.39. The molecule has 0 bridgehead atoms. The molecule has 0 aliphatic carbocycles. The van der Waals surface area contributed by atoms with E-state index in [1.807, 2.05) is 48.5 Å². The van der Waals surface area contributed by atoms with Crippen LogP contribution in [0.15, 0.2) is 60.8 Å². The number of pyridine rings is 1. The lowest BCUT2D eigenvalue weighted by atomic mass is 10.1. The molecule has 1 heterocycles. The number of nitrogens with one attached hydrogen (secondary N) is 1. The van der Waals surface area contributed by atoms with Crippen molar-refractivity contribution < 1.29 is 9.53 Å². The second-order valence-electron chi connectivity index (χ2n) is 4.96. The second-order valence-corrected chi connectivity index (χ2v) is 4.96. The van der Waals surface area contributed by atoms with Gasteiger partial charge in [-0.05, 0) is 29.8 Å². The highest BCUT2D eigenvalue weighted by Crippen LogP contribution is 2.18. The molecule has 0 saturated carbocycles. The third-order valence-electron chi connectivity index (χ3n) is 3.39. The predicted octanol–water partition coefficient (Wildman–Crippen LogP) is 3.63. The molecule has 2 aromatic carbocycles. The number of amides is 1. The predicted molar refractivity (Wildman–Crippen MR) is 86.9 cm³/mol. The van der Waals surface area contributed by atoms with Gasteiger partial charge in [-0.25, -0.2) is 0 Å². The van der Waals surface area contributed by atoms with Crippen LogP contribution in [-0.4, -0.2) is 18.0 Å². The lowest BCUT2D eigenvalue weighted by Gasteiger charge is -2.09. The van der Waals surface area contributed by atoms with Gasteiger partial charge in [-0.3, -0.25) is 9.78 Å². The van der Waals surface area contributed by atoms with Gasteiger partial charge in [0.1, 0.15) is 0 Å². The summed E-state index contributed by atoms with van der Waals surface area (Å²) in [6, 6.07) is 17.0. The third kappa shape index (κ3) is 2.97. The van der Waals surface area contributed by atoms with Gasteiger partial charge in [0, 0.05) is 24.4 Å². The fourth-order valence-corrected chi connectivity index (χ4v) is 2.40. The highest BCUT2D eigenvalue weighted by molar-refractivity contribution is 6.12. The number of nitrogens with zero attached hydrogens (tertiary/aromatic N) is 1. The van der Waals surface area contributed by atoms with Gasteiger partial charge in [-0.2, -0.15) is 0 Å². The number of aromatic nitrogens is 1. The Morgan fingerprint density at radius 3 is 2.86 bits per heavy atom. The average Bonchev–Trinajstić information content (AvgIpc) is 2.55. The zero-order valence-electron chi connectivity index (χ0n) is 12.2. The van der Waals surface area contributed by atoms with Crippen LogP contribution in [0.1, 0.15) is 15.9 Å². The second kappa shape index (κ2) is 6.37. The van der Waals surface area contributed by atoms with Gasteiger partial charge in [-0.15, -0.1) is 0 Å². The summed E-state index contributed by atoms with van der Waals surface area (Å²) in [5, 5.41) is 3.77. The zero-order valence-corrected chi connectivity index (χ0v) is 12.2. The van der Waals surface area contributed by atoms with Crippen molar-refractivity contribution in [1.82, 2.24) is 4.98 Å². The van der Waals surface area contributed by atoms with E-state index in [9.17, 15) is 4.79 Å². The number of rotatable bonds is 4. The Kier molecular flexibility index (Phi) is 4.12. The Labute approximate surface area is 128 Å². The van der Waals surface area contributed by atoms with E-state index in [-0.39, 0.29) is 5.91 Å². The number of carbonyl (C=O) groups is 1. The van der Waals surface area contributed by atoms with Crippen molar-refractivity contribution in [2.75, 3.05) is 12.4 Å². The van der Waals surface area contributed by atoms with Crippen LogP contribution in [0.5, 0.6) is 0 Å². The quantitative estimate of drug-likeness (QED) is 0.799. The standard InChI is InChI=1S/C18H16N2O2/c1-22-12-13-5-4-6-14(11-13)20-18(21)16-9-10-19-17-8-3-2-7-15(16)17/h2-11H,12H2,1H3,(H,20,21). The van der Waals surface area contributed by atoms with Crippen molar-refractivity contribution in [2.24, 2.45) is 0 Å². The van der Waals surface area contributed by atoms with Crippen molar-refractivity contribution >= 4 is 22.5 Å². The molecule has 1 amide bonds. The van der Waals surface area contributed by atoms with Crippen LogP contribution in [0.4, 0.5) is 5.69 Å². The van der Waals surface area contributed by atoms with Crippen LogP contribution in [0.25, 0.3) is 10.9 Å². The van der Waals surface area contributed by atoms with Crippen molar-refractivity contribution in [1.29, 1.82) is 0 Å². The lowest BCUT2D eigenvalue weighted by molar-refractivity contribution is 0.102. The first-order valence-electron chi connectivity index (χ1n) is 7.01. The fourth-order valence-electron chi connectivity index (χ4n) is 2.40. The van der Waals surface area contributed by atoms with E-state index < -0.39 is 0 Å².